The summed E-state index contributed by atoms with van der Waals surface area (Å²) in [6.45, 7) is 0.477. The molecule has 10 heteroatoms. The first kappa shape index (κ1) is 21.4. The standard InChI is InChI=1S/C22H21N5O4S/c1-30-19-10-7-14(13-20(19)31-2)15-8-9-18(27(28)29)21(24-15)23-11-12-32-22-25-16-5-3-4-6-17(16)26-22/h3-10,13H,11-12H2,1-2H3,(H,23,24)(H,25,26). The Kier molecular flexibility index (Phi) is 6.41. The van der Waals surface area contributed by atoms with Gasteiger partial charge < -0.3 is 19.8 Å². The SMILES string of the molecule is COc1ccc(-c2ccc([N+](=O)[O-])c(NCCSc3nc4ccccc4[nH]3)n2)cc1OC. The van der Waals surface area contributed by atoms with E-state index in [1.54, 1.807) is 32.4 Å². The summed E-state index contributed by atoms with van der Waals surface area (Å²) < 4.78 is 10.6. The summed E-state index contributed by atoms with van der Waals surface area (Å²) in [5, 5.41) is 15.4. The van der Waals surface area contributed by atoms with E-state index in [9.17, 15) is 10.1 Å². The van der Waals surface area contributed by atoms with Crippen molar-refractivity contribution in [2.24, 2.45) is 0 Å². The van der Waals surface area contributed by atoms with Crippen LogP contribution in [0.3, 0.4) is 0 Å². The van der Waals surface area contributed by atoms with Gasteiger partial charge in [0.25, 0.3) is 0 Å². The summed E-state index contributed by atoms with van der Waals surface area (Å²) in [6.07, 6.45) is 0. The monoisotopic (exact) mass is 451 g/mol. The molecular weight excluding hydrogens is 430 g/mol. The number of fused-ring (bicyclic) bond motifs is 1. The number of methoxy groups -OCH3 is 2. The summed E-state index contributed by atoms with van der Waals surface area (Å²) in [5.74, 6) is 2.02. The quantitative estimate of drug-likeness (QED) is 0.162. The third kappa shape index (κ3) is 4.59. The molecule has 0 radical (unpaired) electrons. The first-order valence-corrected chi connectivity index (χ1v) is 10.8. The first-order chi connectivity index (χ1) is 15.6. The lowest BCUT2D eigenvalue weighted by Crippen LogP contribution is -2.08. The van der Waals surface area contributed by atoms with Crippen molar-refractivity contribution in [3.63, 3.8) is 0 Å². The zero-order chi connectivity index (χ0) is 22.5. The van der Waals surface area contributed by atoms with Crippen LogP contribution in [0.5, 0.6) is 11.5 Å². The molecule has 2 aromatic carbocycles. The zero-order valence-electron chi connectivity index (χ0n) is 17.5. The van der Waals surface area contributed by atoms with Crippen molar-refractivity contribution < 1.29 is 14.4 Å². The maximum absolute atomic E-state index is 11.5. The minimum atomic E-state index is -0.444. The normalized spacial score (nSPS) is 10.8. The number of imidazole rings is 1. The Bertz CT molecular complexity index is 1230. The fraction of sp³-hybridized carbons (Fsp3) is 0.182. The molecular formula is C22H21N5O4S. The van der Waals surface area contributed by atoms with Crippen LogP contribution in [0.15, 0.2) is 59.8 Å². The van der Waals surface area contributed by atoms with Crippen LogP contribution in [0, 0.1) is 10.1 Å². The number of nitrogens with one attached hydrogen (secondary N) is 2. The molecule has 4 aromatic rings. The molecule has 32 heavy (non-hydrogen) atoms. The van der Waals surface area contributed by atoms with Gasteiger partial charge in [-0.1, -0.05) is 23.9 Å². The van der Waals surface area contributed by atoms with Gasteiger partial charge in [-0.15, -0.1) is 0 Å². The first-order valence-electron chi connectivity index (χ1n) is 9.78. The number of aromatic amines is 1. The van der Waals surface area contributed by atoms with Crippen LogP contribution in [0.2, 0.25) is 0 Å². The third-order valence-electron chi connectivity index (χ3n) is 4.75. The number of thioether (sulfide) groups is 1. The van der Waals surface area contributed by atoms with Crippen LogP contribution in [0.4, 0.5) is 11.5 Å². The highest BCUT2D eigenvalue weighted by atomic mass is 32.2. The van der Waals surface area contributed by atoms with E-state index in [2.05, 4.69) is 20.3 Å². The lowest BCUT2D eigenvalue weighted by Gasteiger charge is -2.11. The van der Waals surface area contributed by atoms with E-state index in [0.29, 0.717) is 29.5 Å². The molecule has 0 saturated heterocycles. The number of rotatable bonds is 9. The number of pyridine rings is 1. The smallest absolute Gasteiger partial charge is 0.311 e. The van der Waals surface area contributed by atoms with Gasteiger partial charge in [-0.25, -0.2) is 9.97 Å². The van der Waals surface area contributed by atoms with Crippen LogP contribution in [-0.4, -0.2) is 46.4 Å². The van der Waals surface area contributed by atoms with Gasteiger partial charge in [0.1, 0.15) is 0 Å². The van der Waals surface area contributed by atoms with E-state index in [0.717, 1.165) is 21.8 Å². The van der Waals surface area contributed by atoms with Crippen molar-refractivity contribution in [2.45, 2.75) is 5.16 Å². The number of ether oxygens (including phenoxy) is 2. The maximum atomic E-state index is 11.5. The van der Waals surface area contributed by atoms with Crippen molar-refractivity contribution in [3.8, 4) is 22.8 Å². The zero-order valence-corrected chi connectivity index (χ0v) is 18.3. The van der Waals surface area contributed by atoms with Gasteiger partial charge in [0, 0.05) is 23.9 Å². The van der Waals surface area contributed by atoms with E-state index < -0.39 is 4.92 Å². The van der Waals surface area contributed by atoms with Crippen LogP contribution >= 0.6 is 11.8 Å². The average Bonchev–Trinajstić information content (AvgIpc) is 3.24. The fourth-order valence-electron chi connectivity index (χ4n) is 3.20. The Hall–Kier alpha value is -3.79. The molecule has 164 valence electrons. The number of aromatic nitrogens is 3. The maximum Gasteiger partial charge on any atom is 0.311 e. The van der Waals surface area contributed by atoms with E-state index in [1.807, 2.05) is 30.3 Å². The number of benzene rings is 2. The van der Waals surface area contributed by atoms with Gasteiger partial charge in [-0.2, -0.15) is 0 Å². The number of hydrogen-bond donors (Lipinski definition) is 2. The second-order valence-corrected chi connectivity index (χ2v) is 7.81. The molecule has 9 nitrogen and oxygen atoms in total. The summed E-state index contributed by atoms with van der Waals surface area (Å²) in [4.78, 5) is 23.3. The summed E-state index contributed by atoms with van der Waals surface area (Å²) in [7, 11) is 3.12. The summed E-state index contributed by atoms with van der Waals surface area (Å²) in [6, 6.07) is 16.3. The number of anilines is 1. The van der Waals surface area contributed by atoms with Gasteiger partial charge in [-0.3, -0.25) is 10.1 Å². The van der Waals surface area contributed by atoms with E-state index in [4.69, 9.17) is 9.47 Å². The molecule has 0 aliphatic heterocycles. The number of nitrogens with zero attached hydrogens (tertiary/aromatic N) is 3. The highest BCUT2D eigenvalue weighted by Gasteiger charge is 2.17. The van der Waals surface area contributed by atoms with Crippen molar-refractivity contribution in [3.05, 3.63) is 64.7 Å². The number of H-pyrrole nitrogens is 1. The van der Waals surface area contributed by atoms with E-state index in [1.165, 1.54) is 17.8 Å². The minimum Gasteiger partial charge on any atom is -0.493 e. The summed E-state index contributed by atoms with van der Waals surface area (Å²) in [5.41, 5.74) is 3.15. The van der Waals surface area contributed by atoms with Gasteiger partial charge in [-0.05, 0) is 36.4 Å². The van der Waals surface area contributed by atoms with Crippen LogP contribution in [0.25, 0.3) is 22.3 Å². The van der Waals surface area contributed by atoms with Crippen molar-refractivity contribution in [1.29, 1.82) is 0 Å². The predicted molar refractivity (Wildman–Crippen MR) is 125 cm³/mol. The highest BCUT2D eigenvalue weighted by molar-refractivity contribution is 7.99. The summed E-state index contributed by atoms with van der Waals surface area (Å²) >= 11 is 1.53. The highest BCUT2D eigenvalue weighted by Crippen LogP contribution is 2.33. The molecule has 0 aliphatic carbocycles. The van der Waals surface area contributed by atoms with Crippen molar-refractivity contribution in [1.82, 2.24) is 15.0 Å². The van der Waals surface area contributed by atoms with Gasteiger partial charge >= 0.3 is 5.69 Å². The van der Waals surface area contributed by atoms with Crippen molar-refractivity contribution in [2.75, 3.05) is 31.8 Å². The molecule has 0 amide bonds. The van der Waals surface area contributed by atoms with Crippen LogP contribution in [-0.2, 0) is 0 Å². The number of hydrogen-bond acceptors (Lipinski definition) is 8. The second kappa shape index (κ2) is 9.56. The molecule has 0 spiro atoms. The Labute approximate surface area is 188 Å². The second-order valence-electron chi connectivity index (χ2n) is 6.73. The Morgan fingerprint density at radius 1 is 1.06 bits per heavy atom. The van der Waals surface area contributed by atoms with E-state index >= 15 is 0 Å². The topological polar surface area (TPSA) is 115 Å². The van der Waals surface area contributed by atoms with Crippen LogP contribution < -0.4 is 14.8 Å². The Morgan fingerprint density at radius 3 is 2.62 bits per heavy atom. The van der Waals surface area contributed by atoms with Crippen LogP contribution in [0.1, 0.15) is 0 Å². The Balaban J connectivity index is 1.49. The molecule has 0 fully saturated rings. The largest absolute Gasteiger partial charge is 0.493 e. The van der Waals surface area contributed by atoms with Gasteiger partial charge in [0.15, 0.2) is 16.7 Å². The molecule has 2 heterocycles. The van der Waals surface area contributed by atoms with Gasteiger partial charge in [0.05, 0.1) is 35.9 Å². The number of para-hydroxylation sites is 2. The molecule has 0 bridgehead atoms. The number of nitro groups is 1. The van der Waals surface area contributed by atoms with Crippen molar-refractivity contribution >= 4 is 34.3 Å². The third-order valence-corrected chi connectivity index (χ3v) is 5.63. The Morgan fingerprint density at radius 2 is 1.88 bits per heavy atom. The molecule has 0 saturated carbocycles. The molecule has 4 rings (SSSR count). The lowest BCUT2D eigenvalue weighted by molar-refractivity contribution is -0.384. The molecule has 2 N–H and O–H groups in total. The molecule has 0 unspecified atom stereocenters. The fourth-order valence-corrected chi connectivity index (χ4v) is 3.94. The van der Waals surface area contributed by atoms with Gasteiger partial charge in [0.2, 0.25) is 5.82 Å². The lowest BCUT2D eigenvalue weighted by atomic mass is 10.1. The predicted octanol–water partition coefficient (Wildman–Crippen LogP) is 4.75. The van der Waals surface area contributed by atoms with E-state index in [-0.39, 0.29) is 11.5 Å². The molecule has 0 aliphatic rings. The molecule has 0 atom stereocenters. The molecule has 2 aromatic heterocycles. The average molecular weight is 452 g/mol. The minimum absolute atomic E-state index is 0.0806.